The van der Waals surface area contributed by atoms with Crippen LogP contribution in [0.1, 0.15) is 17.3 Å². The Morgan fingerprint density at radius 3 is 2.11 bits per heavy atom. The van der Waals surface area contributed by atoms with Gasteiger partial charge in [-0.2, -0.15) is 0 Å². The Hall–Kier alpha value is -1.11. The van der Waals surface area contributed by atoms with Crippen molar-refractivity contribution in [2.24, 2.45) is 0 Å². The second kappa shape index (κ2) is 2.44. The van der Waals surface area contributed by atoms with E-state index in [4.69, 9.17) is 0 Å². The molecule has 0 spiro atoms. The minimum atomic E-state index is 0.121. The fourth-order valence-electron chi connectivity index (χ4n) is 0.673. The van der Waals surface area contributed by atoms with Crippen LogP contribution in [-0.2, 0) is 0 Å². The largest absolute Gasteiger partial charge is 0.471 e. The molecule has 0 amide bonds. The predicted octanol–water partition coefficient (Wildman–Crippen LogP) is 1.89. The lowest BCUT2D eigenvalue weighted by molar-refractivity contribution is 0.101. The monoisotopic (exact) mass is 120 g/mol. The Morgan fingerprint density at radius 2 is 1.78 bits per heavy atom. The highest BCUT2D eigenvalue weighted by Crippen LogP contribution is 1.97. The third-order valence-corrected chi connectivity index (χ3v) is 1.18. The quantitative estimate of drug-likeness (QED) is 0.409. The first kappa shape index (κ1) is 6.02. The van der Waals surface area contributed by atoms with Gasteiger partial charge in [0.1, 0.15) is 0 Å². The summed E-state index contributed by atoms with van der Waals surface area (Å²) in [5, 5.41) is 0. The number of rotatable bonds is 1. The molecule has 0 aliphatic heterocycles. The zero-order valence-electron chi connectivity index (χ0n) is 5.29. The van der Waals surface area contributed by atoms with Crippen molar-refractivity contribution in [1.29, 1.82) is 0 Å². The van der Waals surface area contributed by atoms with Crippen LogP contribution in [-0.4, -0.2) is 5.78 Å². The highest BCUT2D eigenvalue weighted by Gasteiger charge is 2.08. The summed E-state index contributed by atoms with van der Waals surface area (Å²) in [4.78, 5) is 10.6. The number of hydrogen-bond donors (Lipinski definition) is 0. The lowest BCUT2D eigenvalue weighted by atomic mass is 10.2. The fraction of sp³-hybridized carbons (Fsp3) is 0.125. The maximum absolute atomic E-state index is 10.6. The maximum atomic E-state index is 10.6. The predicted molar refractivity (Wildman–Crippen MR) is 36.4 cm³/mol. The standard InChI is InChI=1S/C8H8O/c1-7(9)8-5-3-2-4-6-8/h2-6H,1H3/q+1. The molecule has 1 radical (unpaired) electrons. The molecule has 45 valence electrons. The molecule has 0 atom stereocenters. The smallest absolute Gasteiger partial charge is 0.0622 e. The van der Waals surface area contributed by atoms with Gasteiger partial charge in [0.2, 0.25) is 4.79 Å². The third kappa shape index (κ3) is 1.39. The minimum absolute atomic E-state index is 0.121. The molecule has 0 aromatic heterocycles. The summed E-state index contributed by atoms with van der Waals surface area (Å²) in [6.07, 6.45) is 0. The van der Waals surface area contributed by atoms with E-state index in [1.165, 1.54) is 0 Å². The summed E-state index contributed by atoms with van der Waals surface area (Å²) in [6, 6.07) is 9.23. The van der Waals surface area contributed by atoms with Crippen LogP contribution in [0, 0.1) is 0 Å². The number of carbonyl (C=O) groups excluding carboxylic acids is 1. The Balaban J connectivity index is 2.98. The number of carbonyl (C=O) groups is 1. The van der Waals surface area contributed by atoms with Gasteiger partial charge in [0.15, 0.2) is 0 Å². The van der Waals surface area contributed by atoms with Crippen molar-refractivity contribution in [3.05, 3.63) is 35.9 Å². The summed E-state index contributed by atoms with van der Waals surface area (Å²) >= 11 is 0. The molecule has 0 aliphatic rings. The highest BCUT2D eigenvalue weighted by atomic mass is 16.1. The average molecular weight is 120 g/mol. The Bertz CT molecular complexity index is 201. The second-order valence-corrected chi connectivity index (χ2v) is 1.92. The topological polar surface area (TPSA) is 19.9 Å². The van der Waals surface area contributed by atoms with Gasteiger partial charge in [-0.3, -0.25) is 0 Å². The van der Waals surface area contributed by atoms with E-state index in [9.17, 15) is 4.79 Å². The first-order valence-electron chi connectivity index (χ1n) is 2.86. The van der Waals surface area contributed by atoms with Gasteiger partial charge in [0.05, 0.1) is 12.5 Å². The molecule has 1 heteroatoms. The van der Waals surface area contributed by atoms with Gasteiger partial charge in [0, 0.05) is 0 Å². The summed E-state index contributed by atoms with van der Waals surface area (Å²) in [7, 11) is 0. The molecular formula is C8H8O+. The van der Waals surface area contributed by atoms with Crippen LogP contribution in [0.4, 0.5) is 0 Å². The lowest BCUT2D eigenvalue weighted by Crippen LogP contribution is -1.88. The average Bonchev–Trinajstić information content (AvgIpc) is 1.90. The van der Waals surface area contributed by atoms with E-state index in [0.717, 1.165) is 5.56 Å². The number of Topliss-reactive ketones (excluding diaryl/α,β-unsaturated/α-hetero) is 1. The van der Waals surface area contributed by atoms with E-state index in [1.54, 1.807) is 6.92 Å². The number of benzene rings is 1. The van der Waals surface area contributed by atoms with E-state index in [2.05, 4.69) is 0 Å². The van der Waals surface area contributed by atoms with Crippen molar-refractivity contribution < 1.29 is 4.79 Å². The second-order valence-electron chi connectivity index (χ2n) is 1.92. The molecule has 0 heterocycles. The van der Waals surface area contributed by atoms with Gasteiger partial charge in [-0.15, -0.1) is 0 Å². The molecule has 1 rings (SSSR count). The van der Waals surface area contributed by atoms with Crippen molar-refractivity contribution >= 4 is 5.78 Å². The van der Waals surface area contributed by atoms with Gasteiger partial charge >= 0.3 is 5.78 Å². The first-order chi connectivity index (χ1) is 4.30. The Morgan fingerprint density at radius 1 is 1.22 bits per heavy atom. The molecule has 1 aromatic carbocycles. The molecule has 0 saturated heterocycles. The highest BCUT2D eigenvalue weighted by molar-refractivity contribution is 5.93. The molecule has 0 saturated carbocycles. The van der Waals surface area contributed by atoms with E-state index in [1.807, 2.05) is 30.3 Å². The molecule has 1 aromatic rings. The SMILES string of the molecule is CC(=[O+])c1ccccc1. The zero-order valence-corrected chi connectivity index (χ0v) is 5.29. The summed E-state index contributed by atoms with van der Waals surface area (Å²) < 4.78 is 0. The molecule has 1 nitrogen and oxygen atoms in total. The molecule has 9 heavy (non-hydrogen) atoms. The summed E-state index contributed by atoms with van der Waals surface area (Å²) in [5.41, 5.74) is 0.775. The molecule has 0 aliphatic carbocycles. The van der Waals surface area contributed by atoms with Crippen LogP contribution in [0.2, 0.25) is 0 Å². The molecule has 0 N–H and O–H groups in total. The summed E-state index contributed by atoms with van der Waals surface area (Å²) in [6.45, 7) is 1.56. The van der Waals surface area contributed by atoms with Crippen molar-refractivity contribution in [1.82, 2.24) is 0 Å². The van der Waals surface area contributed by atoms with Crippen molar-refractivity contribution in [2.75, 3.05) is 0 Å². The Labute approximate surface area is 54.3 Å². The molecule has 0 unspecified atom stereocenters. The van der Waals surface area contributed by atoms with E-state index < -0.39 is 0 Å². The van der Waals surface area contributed by atoms with Crippen LogP contribution in [0.15, 0.2) is 30.3 Å². The van der Waals surface area contributed by atoms with Crippen molar-refractivity contribution in [3.8, 4) is 0 Å². The van der Waals surface area contributed by atoms with Crippen LogP contribution in [0.25, 0.3) is 0 Å². The van der Waals surface area contributed by atoms with Crippen LogP contribution in [0.5, 0.6) is 0 Å². The van der Waals surface area contributed by atoms with Crippen LogP contribution >= 0.6 is 0 Å². The van der Waals surface area contributed by atoms with Gasteiger partial charge in [-0.25, -0.2) is 0 Å². The maximum Gasteiger partial charge on any atom is 0.471 e. The van der Waals surface area contributed by atoms with Gasteiger partial charge in [-0.05, 0) is 12.1 Å². The number of ketones is 1. The normalized spacial score (nSPS) is 9.00. The van der Waals surface area contributed by atoms with E-state index in [0.29, 0.717) is 0 Å². The molecule has 0 bridgehead atoms. The van der Waals surface area contributed by atoms with Gasteiger partial charge in [0.25, 0.3) is 0 Å². The first-order valence-corrected chi connectivity index (χ1v) is 2.86. The Kier molecular flexibility index (Phi) is 1.63. The summed E-state index contributed by atoms with van der Waals surface area (Å²) in [5.74, 6) is 0.121. The van der Waals surface area contributed by atoms with E-state index in [-0.39, 0.29) is 5.78 Å². The van der Waals surface area contributed by atoms with Crippen LogP contribution < -0.4 is 0 Å². The van der Waals surface area contributed by atoms with Crippen LogP contribution in [0.3, 0.4) is 0 Å². The van der Waals surface area contributed by atoms with Gasteiger partial charge < -0.3 is 0 Å². The van der Waals surface area contributed by atoms with E-state index >= 15 is 0 Å². The minimum Gasteiger partial charge on any atom is -0.0622 e. The van der Waals surface area contributed by atoms with Crippen molar-refractivity contribution in [2.45, 2.75) is 6.92 Å². The molecule has 0 fully saturated rings. The van der Waals surface area contributed by atoms with Gasteiger partial charge in [-0.1, -0.05) is 18.2 Å². The zero-order chi connectivity index (χ0) is 6.69. The fourth-order valence-corrected chi connectivity index (χ4v) is 0.673. The lowest BCUT2D eigenvalue weighted by Gasteiger charge is -1.81. The van der Waals surface area contributed by atoms with Crippen molar-refractivity contribution in [3.63, 3.8) is 0 Å². The number of hydrogen-bond acceptors (Lipinski definition) is 1. The molecular weight excluding hydrogens is 112 g/mol. The third-order valence-electron chi connectivity index (χ3n) is 1.18.